The number of benzene rings is 2. The van der Waals surface area contributed by atoms with Gasteiger partial charge in [0.15, 0.2) is 0 Å². The lowest BCUT2D eigenvalue weighted by Gasteiger charge is -2.14. The molecule has 0 spiro atoms. The summed E-state index contributed by atoms with van der Waals surface area (Å²) < 4.78 is 22.4. The van der Waals surface area contributed by atoms with Crippen molar-refractivity contribution in [3.63, 3.8) is 0 Å². The van der Waals surface area contributed by atoms with E-state index in [1.807, 2.05) is 29.8 Å². The SMILES string of the molecule is COc1cc(Nc2c(Br)cnn(Cc3ccc(F)cc3)c2=O)ccc1-n1cnc(C)c1. The Morgan fingerprint density at radius 1 is 1.19 bits per heavy atom. The molecule has 0 atom stereocenters. The molecule has 0 saturated carbocycles. The molecule has 0 bridgehead atoms. The number of methoxy groups -OCH3 is 1. The number of anilines is 2. The van der Waals surface area contributed by atoms with Gasteiger partial charge in [-0.15, -0.1) is 0 Å². The second-order valence-corrected chi connectivity index (χ2v) is 7.75. The molecule has 0 aliphatic rings. The Kier molecular flexibility index (Phi) is 5.85. The second-order valence-electron chi connectivity index (χ2n) is 6.89. The average Bonchev–Trinajstić information content (AvgIpc) is 3.20. The molecule has 2 heterocycles. The molecule has 2 aromatic heterocycles. The van der Waals surface area contributed by atoms with Crippen molar-refractivity contribution in [2.75, 3.05) is 12.4 Å². The van der Waals surface area contributed by atoms with E-state index < -0.39 is 0 Å². The van der Waals surface area contributed by atoms with E-state index in [9.17, 15) is 9.18 Å². The Morgan fingerprint density at radius 3 is 2.65 bits per heavy atom. The summed E-state index contributed by atoms with van der Waals surface area (Å²) in [6.07, 6.45) is 5.17. The van der Waals surface area contributed by atoms with Crippen LogP contribution >= 0.6 is 15.9 Å². The molecule has 158 valence electrons. The van der Waals surface area contributed by atoms with E-state index in [0.717, 1.165) is 16.9 Å². The van der Waals surface area contributed by atoms with Crippen LogP contribution in [-0.2, 0) is 6.54 Å². The van der Waals surface area contributed by atoms with Crippen LogP contribution in [0.15, 0.2) is 70.5 Å². The number of imidazole rings is 1. The van der Waals surface area contributed by atoms with Crippen LogP contribution in [0.25, 0.3) is 5.69 Å². The van der Waals surface area contributed by atoms with Gasteiger partial charge < -0.3 is 14.6 Å². The van der Waals surface area contributed by atoms with Gasteiger partial charge in [-0.3, -0.25) is 4.79 Å². The third-order valence-electron chi connectivity index (χ3n) is 4.68. The summed E-state index contributed by atoms with van der Waals surface area (Å²) in [5, 5.41) is 7.33. The zero-order chi connectivity index (χ0) is 22.0. The van der Waals surface area contributed by atoms with Gasteiger partial charge in [-0.25, -0.2) is 14.1 Å². The first-order valence-electron chi connectivity index (χ1n) is 9.40. The average molecular weight is 484 g/mol. The quantitative estimate of drug-likeness (QED) is 0.438. The molecular weight excluding hydrogens is 465 g/mol. The Labute approximate surface area is 186 Å². The lowest BCUT2D eigenvalue weighted by molar-refractivity contribution is 0.413. The van der Waals surface area contributed by atoms with Crippen molar-refractivity contribution in [3.8, 4) is 11.4 Å². The topological polar surface area (TPSA) is 74.0 Å². The number of hydrogen-bond acceptors (Lipinski definition) is 5. The van der Waals surface area contributed by atoms with Crippen LogP contribution in [0.5, 0.6) is 5.75 Å². The monoisotopic (exact) mass is 483 g/mol. The molecule has 9 heteroatoms. The van der Waals surface area contributed by atoms with Gasteiger partial charge in [-0.2, -0.15) is 5.10 Å². The summed E-state index contributed by atoms with van der Waals surface area (Å²) in [5.41, 5.74) is 3.20. The third kappa shape index (κ3) is 4.51. The van der Waals surface area contributed by atoms with E-state index in [-0.39, 0.29) is 17.9 Å². The summed E-state index contributed by atoms with van der Waals surface area (Å²) >= 11 is 3.39. The van der Waals surface area contributed by atoms with E-state index in [4.69, 9.17) is 4.74 Å². The van der Waals surface area contributed by atoms with Gasteiger partial charge in [0.05, 0.1) is 42.0 Å². The van der Waals surface area contributed by atoms with Gasteiger partial charge in [-0.1, -0.05) is 12.1 Å². The molecule has 0 saturated heterocycles. The Morgan fingerprint density at radius 2 is 1.97 bits per heavy atom. The number of nitrogens with zero attached hydrogens (tertiary/aromatic N) is 4. The minimum Gasteiger partial charge on any atom is -0.494 e. The van der Waals surface area contributed by atoms with Gasteiger partial charge in [0.2, 0.25) is 0 Å². The number of aromatic nitrogens is 4. The molecule has 0 fully saturated rings. The minimum atomic E-state index is -0.328. The first-order valence-corrected chi connectivity index (χ1v) is 10.2. The highest BCUT2D eigenvalue weighted by atomic mass is 79.9. The first-order chi connectivity index (χ1) is 14.9. The third-order valence-corrected chi connectivity index (χ3v) is 5.28. The van der Waals surface area contributed by atoms with Gasteiger partial charge >= 0.3 is 0 Å². The summed E-state index contributed by atoms with van der Waals surface area (Å²) in [4.78, 5) is 17.2. The van der Waals surface area contributed by atoms with Crippen molar-refractivity contribution in [3.05, 3.63) is 93.1 Å². The number of aryl methyl sites for hydroxylation is 1. The fourth-order valence-corrected chi connectivity index (χ4v) is 3.48. The predicted molar refractivity (Wildman–Crippen MR) is 120 cm³/mol. The normalized spacial score (nSPS) is 10.8. The molecule has 7 nitrogen and oxygen atoms in total. The van der Waals surface area contributed by atoms with Gasteiger partial charge in [0, 0.05) is 18.0 Å². The molecule has 2 aromatic carbocycles. The Hall–Kier alpha value is -3.46. The van der Waals surface area contributed by atoms with Crippen molar-refractivity contribution in [1.82, 2.24) is 19.3 Å². The highest BCUT2D eigenvalue weighted by Crippen LogP contribution is 2.29. The van der Waals surface area contributed by atoms with Gasteiger partial charge in [0.25, 0.3) is 5.56 Å². The zero-order valence-electron chi connectivity index (χ0n) is 16.8. The number of nitrogens with one attached hydrogen (secondary N) is 1. The number of halogens is 2. The van der Waals surface area contributed by atoms with Crippen molar-refractivity contribution in [1.29, 1.82) is 0 Å². The van der Waals surface area contributed by atoms with Gasteiger partial charge in [0.1, 0.15) is 17.3 Å². The molecule has 0 unspecified atom stereocenters. The van der Waals surface area contributed by atoms with Crippen LogP contribution in [0, 0.1) is 12.7 Å². The molecule has 31 heavy (non-hydrogen) atoms. The Bertz CT molecular complexity index is 1280. The predicted octanol–water partition coefficient (Wildman–Crippen LogP) is 4.44. The van der Waals surface area contributed by atoms with Gasteiger partial charge in [-0.05, 0) is 52.7 Å². The second kappa shape index (κ2) is 8.73. The van der Waals surface area contributed by atoms with E-state index in [0.29, 0.717) is 21.6 Å². The van der Waals surface area contributed by atoms with Crippen molar-refractivity contribution in [2.24, 2.45) is 0 Å². The molecule has 4 aromatic rings. The largest absolute Gasteiger partial charge is 0.494 e. The maximum atomic E-state index is 13.1. The van der Waals surface area contributed by atoms with Crippen LogP contribution in [0.4, 0.5) is 15.8 Å². The number of rotatable bonds is 6. The lowest BCUT2D eigenvalue weighted by Crippen LogP contribution is -2.25. The minimum absolute atomic E-state index is 0.226. The Balaban J connectivity index is 1.64. The maximum Gasteiger partial charge on any atom is 0.291 e. The summed E-state index contributed by atoms with van der Waals surface area (Å²) in [6.45, 7) is 2.14. The van der Waals surface area contributed by atoms with Crippen molar-refractivity contribution in [2.45, 2.75) is 13.5 Å². The molecule has 0 aliphatic heterocycles. The van der Waals surface area contributed by atoms with Crippen LogP contribution in [0.3, 0.4) is 0 Å². The molecule has 1 N–H and O–H groups in total. The van der Waals surface area contributed by atoms with Crippen LogP contribution in [-0.4, -0.2) is 26.4 Å². The zero-order valence-corrected chi connectivity index (χ0v) is 18.4. The molecule has 0 amide bonds. The molecule has 4 rings (SSSR count). The number of ether oxygens (including phenoxy) is 1. The van der Waals surface area contributed by atoms with E-state index in [2.05, 4.69) is 31.3 Å². The van der Waals surface area contributed by atoms with Crippen molar-refractivity contribution >= 4 is 27.3 Å². The summed E-state index contributed by atoms with van der Waals surface area (Å²) in [6, 6.07) is 11.5. The summed E-state index contributed by atoms with van der Waals surface area (Å²) in [7, 11) is 1.59. The molecule has 0 aliphatic carbocycles. The van der Waals surface area contributed by atoms with E-state index in [1.54, 1.807) is 37.8 Å². The maximum absolute atomic E-state index is 13.1. The van der Waals surface area contributed by atoms with Crippen LogP contribution in [0.2, 0.25) is 0 Å². The highest BCUT2D eigenvalue weighted by molar-refractivity contribution is 9.10. The van der Waals surface area contributed by atoms with E-state index in [1.165, 1.54) is 16.8 Å². The van der Waals surface area contributed by atoms with Crippen LogP contribution in [0.1, 0.15) is 11.3 Å². The fraction of sp³-hybridized carbons (Fsp3) is 0.136. The summed E-state index contributed by atoms with van der Waals surface area (Å²) in [5.74, 6) is 0.296. The molecule has 0 radical (unpaired) electrons. The van der Waals surface area contributed by atoms with Crippen molar-refractivity contribution < 1.29 is 9.13 Å². The number of hydrogen-bond donors (Lipinski definition) is 1. The van der Waals surface area contributed by atoms with E-state index >= 15 is 0 Å². The fourth-order valence-electron chi connectivity index (χ4n) is 3.12. The lowest BCUT2D eigenvalue weighted by atomic mass is 10.2. The smallest absolute Gasteiger partial charge is 0.291 e. The highest BCUT2D eigenvalue weighted by Gasteiger charge is 2.13. The molecular formula is C22H19BrFN5O2. The first kappa shape index (κ1) is 20.8. The standard InChI is InChI=1S/C22H19BrFN5O2/c1-14-11-28(13-25-14)19-8-7-17(9-20(19)31-2)27-21-18(23)10-26-29(22(21)30)12-15-3-5-16(24)6-4-15/h3-11,13,27H,12H2,1-2H3. The van der Waals surface area contributed by atoms with Crippen LogP contribution < -0.4 is 15.6 Å².